The highest BCUT2D eigenvalue weighted by Crippen LogP contribution is 2.04. The number of unbranched alkanes of at least 4 members (excludes halogenated alkanes) is 1. The zero-order valence-corrected chi connectivity index (χ0v) is 10.5. The molecule has 0 aromatic rings. The maximum atomic E-state index is 11.5. The first-order valence-electron chi connectivity index (χ1n) is 5.90. The number of nitrogens with two attached hydrogens (primary N) is 2. The predicted octanol–water partition coefficient (Wildman–Crippen LogP) is 0.168. The number of ketones is 1. The van der Waals surface area contributed by atoms with Gasteiger partial charge < -0.3 is 16.2 Å². The largest absolute Gasteiger partial charge is 0.462 e. The molecule has 0 rings (SSSR count). The van der Waals surface area contributed by atoms with Crippen molar-refractivity contribution in [3.8, 4) is 0 Å². The molecule has 0 aliphatic carbocycles. The number of carbonyl (C=O) groups is 2. The first kappa shape index (κ1) is 13.6. The second kappa shape index (κ2) is 9.70. The Balaban J connectivity index is 3.73. The van der Waals surface area contributed by atoms with E-state index in [0.717, 1.165) is 12.8 Å². The molecule has 0 aliphatic rings. The maximum absolute atomic E-state index is 11.5. The van der Waals surface area contributed by atoms with Gasteiger partial charge in [0.25, 0.3) is 0 Å². The van der Waals surface area contributed by atoms with E-state index in [1.807, 2.05) is 9.24 Å². The van der Waals surface area contributed by atoms with Crippen molar-refractivity contribution in [3.63, 3.8) is 0 Å². The predicted molar refractivity (Wildman–Crippen MR) is 65.8 cm³/mol. The zero-order chi connectivity index (χ0) is 13.3. The van der Waals surface area contributed by atoms with Crippen molar-refractivity contribution in [2.45, 2.75) is 38.1 Å². The average Bonchev–Trinajstić information content (AvgIpc) is 2.25. The van der Waals surface area contributed by atoms with E-state index in [-0.39, 0.29) is 18.6 Å². The summed E-state index contributed by atoms with van der Waals surface area (Å²) in [6, 6.07) is -0.530. The minimum atomic E-state index is -0.976. The molecule has 0 amide bonds. The lowest BCUT2D eigenvalue weighted by molar-refractivity contribution is -0.142. The second-order valence-electron chi connectivity index (χ2n) is 3.48. The van der Waals surface area contributed by atoms with Crippen LogP contribution in [-0.4, -0.2) is 30.7 Å². The smallest absolute Gasteiger partial charge is 0.306 e. The molecule has 0 radical (unpaired) electrons. The SMILES string of the molecule is [3H]C(P)OC(=O)CCC(=O)C(N)CCCCN. The van der Waals surface area contributed by atoms with Crippen LogP contribution in [0.1, 0.15) is 33.5 Å². The van der Waals surface area contributed by atoms with Crippen molar-refractivity contribution < 1.29 is 15.7 Å². The van der Waals surface area contributed by atoms with Gasteiger partial charge in [0, 0.05) is 6.42 Å². The Morgan fingerprint density at radius 2 is 2.06 bits per heavy atom. The van der Waals surface area contributed by atoms with Gasteiger partial charge in [-0.05, 0) is 19.4 Å². The first-order valence-corrected chi connectivity index (χ1v) is 5.99. The molecule has 0 bridgehead atoms. The fourth-order valence-electron chi connectivity index (χ4n) is 1.22. The fraction of sp³-hybridized carbons (Fsp3) is 0.800. The van der Waals surface area contributed by atoms with Crippen molar-refractivity contribution >= 4 is 21.0 Å². The third-order valence-corrected chi connectivity index (χ3v) is 2.29. The quantitative estimate of drug-likeness (QED) is 0.345. The molecule has 3 unspecified atom stereocenters. The van der Waals surface area contributed by atoms with Crippen LogP contribution in [0.25, 0.3) is 0 Å². The van der Waals surface area contributed by atoms with E-state index in [2.05, 4.69) is 4.74 Å². The Hall–Kier alpha value is -0.510. The summed E-state index contributed by atoms with van der Waals surface area (Å²) in [5, 5.41) is 0. The van der Waals surface area contributed by atoms with Gasteiger partial charge in [0.1, 0.15) is 12.1 Å². The van der Waals surface area contributed by atoms with Crippen LogP contribution >= 0.6 is 9.24 Å². The topological polar surface area (TPSA) is 95.4 Å². The van der Waals surface area contributed by atoms with Gasteiger partial charge in [-0.1, -0.05) is 15.7 Å². The minimum Gasteiger partial charge on any atom is -0.462 e. The third kappa shape index (κ3) is 7.74. The van der Waals surface area contributed by atoms with Crippen LogP contribution in [0.2, 0.25) is 0 Å². The molecule has 0 aromatic carbocycles. The van der Waals surface area contributed by atoms with Gasteiger partial charge in [0.05, 0.1) is 13.8 Å². The molecule has 0 aromatic heterocycles. The first-order chi connectivity index (χ1) is 7.97. The Bertz CT molecular complexity index is 252. The van der Waals surface area contributed by atoms with Crippen LogP contribution in [0.5, 0.6) is 0 Å². The number of hydrogen-bond acceptors (Lipinski definition) is 5. The Kier molecular flexibility index (Phi) is 8.22. The lowest BCUT2D eigenvalue weighted by Crippen LogP contribution is -2.30. The molecule has 5 nitrogen and oxygen atoms in total. The van der Waals surface area contributed by atoms with Crippen molar-refractivity contribution in [2.75, 3.05) is 12.9 Å². The Morgan fingerprint density at radius 1 is 1.38 bits per heavy atom. The van der Waals surface area contributed by atoms with Crippen LogP contribution in [0, 0.1) is 0 Å². The monoisotopic (exact) mass is 250 g/mol. The molecule has 0 fully saturated rings. The van der Waals surface area contributed by atoms with Crippen LogP contribution < -0.4 is 11.5 Å². The highest BCUT2D eigenvalue weighted by molar-refractivity contribution is 7.16. The van der Waals surface area contributed by atoms with Gasteiger partial charge in [-0.25, -0.2) is 0 Å². The van der Waals surface area contributed by atoms with Crippen molar-refractivity contribution in [1.82, 2.24) is 0 Å². The van der Waals surface area contributed by atoms with Gasteiger partial charge in [0.15, 0.2) is 0 Å². The van der Waals surface area contributed by atoms with Crippen molar-refractivity contribution in [2.24, 2.45) is 11.5 Å². The normalized spacial score (nSPS) is 15.1. The van der Waals surface area contributed by atoms with E-state index in [0.29, 0.717) is 13.0 Å². The van der Waals surface area contributed by atoms with Crippen LogP contribution in [-0.2, 0) is 14.3 Å². The van der Waals surface area contributed by atoms with Gasteiger partial charge in [0.2, 0.25) is 0 Å². The van der Waals surface area contributed by atoms with E-state index in [4.69, 9.17) is 12.8 Å². The zero-order valence-electron chi connectivity index (χ0n) is 10.4. The molecule has 3 atom stereocenters. The molecule has 0 saturated carbocycles. The van der Waals surface area contributed by atoms with Gasteiger partial charge in [-0.2, -0.15) is 0 Å². The summed E-state index contributed by atoms with van der Waals surface area (Å²) in [6.45, 7) is 0.590. The lowest BCUT2D eigenvalue weighted by atomic mass is 10.0. The molecule has 94 valence electrons. The van der Waals surface area contributed by atoms with E-state index in [1.54, 1.807) is 0 Å². The number of esters is 1. The highest BCUT2D eigenvalue weighted by Gasteiger charge is 2.14. The van der Waals surface area contributed by atoms with Gasteiger partial charge >= 0.3 is 5.97 Å². The van der Waals surface area contributed by atoms with E-state index >= 15 is 0 Å². The molecule has 4 N–H and O–H groups in total. The summed E-state index contributed by atoms with van der Waals surface area (Å²) in [5.74, 6) is -0.702. The Labute approximate surface area is 99.9 Å². The van der Waals surface area contributed by atoms with Crippen molar-refractivity contribution in [1.29, 1.82) is 0 Å². The van der Waals surface area contributed by atoms with E-state index in [1.165, 1.54) is 0 Å². The number of carbonyl (C=O) groups excluding carboxylic acids is 2. The second-order valence-corrected chi connectivity index (χ2v) is 3.76. The van der Waals surface area contributed by atoms with Crippen LogP contribution in [0.4, 0.5) is 0 Å². The van der Waals surface area contributed by atoms with Crippen molar-refractivity contribution in [3.05, 3.63) is 0 Å². The van der Waals surface area contributed by atoms with Crippen LogP contribution in [0.15, 0.2) is 0 Å². The standard InChI is InChI=1S/C10H21N2O3P/c11-6-2-1-3-8(12)9(13)4-5-10(14)15-7-16/h8H,1-7,11-12,16H2/i7T. The van der Waals surface area contributed by atoms with Crippen LogP contribution in [0.3, 0.4) is 0 Å². The van der Waals surface area contributed by atoms with Gasteiger partial charge in [-0.15, -0.1) is 0 Å². The number of hydrogen-bond donors (Lipinski definition) is 2. The molecule has 16 heavy (non-hydrogen) atoms. The Morgan fingerprint density at radius 3 is 2.62 bits per heavy atom. The van der Waals surface area contributed by atoms with Gasteiger partial charge in [-0.3, -0.25) is 9.59 Å². The molecule has 6 heteroatoms. The molecule has 0 saturated heterocycles. The third-order valence-electron chi connectivity index (χ3n) is 2.16. The average molecular weight is 250 g/mol. The number of ether oxygens (including phenoxy) is 1. The summed E-state index contributed by atoms with van der Waals surface area (Å²) in [7, 11) is 2.03. The summed E-state index contributed by atoms with van der Waals surface area (Å²) in [4.78, 5) is 22.6. The molecular weight excluding hydrogens is 227 g/mol. The molecular formula is C10H21N2O3P. The summed E-state index contributed by atoms with van der Waals surface area (Å²) >= 11 is 0. The summed E-state index contributed by atoms with van der Waals surface area (Å²) in [6.07, 6.45) is 1.32. The lowest BCUT2D eigenvalue weighted by Gasteiger charge is -2.09. The molecule has 0 spiro atoms. The highest BCUT2D eigenvalue weighted by atomic mass is 31.0. The number of Topliss-reactive ketones (excluding diaryl/α,β-unsaturated/α-hetero) is 1. The fourth-order valence-corrected chi connectivity index (χ4v) is 1.37. The van der Waals surface area contributed by atoms with E-state index in [9.17, 15) is 9.59 Å². The molecule has 0 aliphatic heterocycles. The number of rotatable bonds is 9. The van der Waals surface area contributed by atoms with E-state index < -0.39 is 18.3 Å². The summed E-state index contributed by atoms with van der Waals surface area (Å²) < 4.78 is 11.5. The summed E-state index contributed by atoms with van der Waals surface area (Å²) in [5.41, 5.74) is 11.0. The maximum Gasteiger partial charge on any atom is 0.306 e. The minimum absolute atomic E-state index is 0.0206. The molecule has 0 heterocycles.